The molecule has 0 spiro atoms. The molecule has 21 heavy (non-hydrogen) atoms. The fraction of sp³-hybridized carbons (Fsp3) is 0.471. The van der Waals surface area contributed by atoms with Crippen LogP contribution in [0.15, 0.2) is 35.8 Å². The van der Waals surface area contributed by atoms with E-state index in [2.05, 4.69) is 60.4 Å². The zero-order chi connectivity index (χ0) is 14.8. The summed E-state index contributed by atoms with van der Waals surface area (Å²) in [5, 5.41) is 6.84. The van der Waals surface area contributed by atoms with Crippen molar-refractivity contribution in [2.24, 2.45) is 5.92 Å². The Hall–Kier alpha value is -1.39. The van der Waals surface area contributed by atoms with Crippen LogP contribution < -0.4 is 5.32 Å². The zero-order valence-electron chi connectivity index (χ0n) is 12.9. The lowest BCUT2D eigenvalue weighted by Crippen LogP contribution is -2.48. The van der Waals surface area contributed by atoms with Crippen molar-refractivity contribution in [2.45, 2.75) is 32.4 Å². The fourth-order valence-electron chi connectivity index (χ4n) is 3.06. The summed E-state index contributed by atoms with van der Waals surface area (Å²) in [6.45, 7) is 5.81. The highest BCUT2D eigenvalue weighted by Gasteiger charge is 2.28. The van der Waals surface area contributed by atoms with Gasteiger partial charge in [0.1, 0.15) is 5.01 Å². The molecule has 1 fully saturated rings. The Morgan fingerprint density at radius 1 is 1.33 bits per heavy atom. The van der Waals surface area contributed by atoms with Crippen molar-refractivity contribution in [3.63, 3.8) is 0 Å². The van der Waals surface area contributed by atoms with Crippen LogP contribution in [0.25, 0.3) is 10.6 Å². The van der Waals surface area contributed by atoms with Crippen LogP contribution in [-0.2, 0) is 0 Å². The Morgan fingerprint density at radius 2 is 2.19 bits per heavy atom. The summed E-state index contributed by atoms with van der Waals surface area (Å²) < 4.78 is 0. The summed E-state index contributed by atoms with van der Waals surface area (Å²) >= 11 is 1.69. The first-order valence-corrected chi connectivity index (χ1v) is 8.48. The number of rotatable bonds is 3. The normalized spacial score (nSPS) is 26.7. The van der Waals surface area contributed by atoms with Gasteiger partial charge in [0.05, 0.1) is 0 Å². The van der Waals surface area contributed by atoms with Crippen molar-refractivity contribution in [3.05, 3.63) is 35.8 Å². The van der Waals surface area contributed by atoms with E-state index in [4.69, 9.17) is 0 Å². The number of benzene rings is 1. The topological polar surface area (TPSA) is 28.2 Å². The maximum atomic E-state index is 4.40. The molecule has 0 saturated carbocycles. The van der Waals surface area contributed by atoms with Crippen LogP contribution >= 0.6 is 11.3 Å². The Morgan fingerprint density at radius 3 is 2.95 bits per heavy atom. The molecular weight excluding hydrogens is 278 g/mol. The molecular formula is C17H23N3S. The lowest BCUT2D eigenvalue weighted by molar-refractivity contribution is 0.145. The van der Waals surface area contributed by atoms with E-state index in [1.165, 1.54) is 17.7 Å². The van der Waals surface area contributed by atoms with Crippen molar-refractivity contribution in [1.82, 2.24) is 9.88 Å². The number of nitrogens with zero attached hydrogens (tertiary/aromatic N) is 2. The summed E-state index contributed by atoms with van der Waals surface area (Å²) in [5.41, 5.74) is 2.40. The molecule has 4 heteroatoms. The molecule has 1 aromatic heterocycles. The van der Waals surface area contributed by atoms with Crippen molar-refractivity contribution < 1.29 is 0 Å². The number of piperidine rings is 1. The highest BCUT2D eigenvalue weighted by molar-refractivity contribution is 7.13. The molecule has 0 aliphatic carbocycles. The molecule has 2 aromatic rings. The minimum Gasteiger partial charge on any atom is -0.382 e. The van der Waals surface area contributed by atoms with Gasteiger partial charge in [-0.15, -0.1) is 11.3 Å². The Kier molecular flexibility index (Phi) is 4.27. The minimum atomic E-state index is 0.544. The van der Waals surface area contributed by atoms with E-state index >= 15 is 0 Å². The van der Waals surface area contributed by atoms with Crippen molar-refractivity contribution in [2.75, 3.05) is 18.9 Å². The van der Waals surface area contributed by atoms with Gasteiger partial charge in [0.2, 0.25) is 0 Å². The summed E-state index contributed by atoms with van der Waals surface area (Å²) in [7, 11) is 2.22. The quantitative estimate of drug-likeness (QED) is 0.930. The molecule has 1 aliphatic heterocycles. The van der Waals surface area contributed by atoms with E-state index in [9.17, 15) is 0 Å². The molecule has 1 saturated heterocycles. The number of nitrogens with one attached hydrogen (secondary N) is 1. The van der Waals surface area contributed by atoms with E-state index < -0.39 is 0 Å². The van der Waals surface area contributed by atoms with E-state index in [0.717, 1.165) is 11.6 Å². The van der Waals surface area contributed by atoms with Crippen LogP contribution in [0.2, 0.25) is 0 Å². The van der Waals surface area contributed by atoms with Crippen molar-refractivity contribution >= 4 is 17.0 Å². The molecule has 3 atom stereocenters. The second-order valence-corrected chi connectivity index (χ2v) is 7.07. The molecule has 0 radical (unpaired) electrons. The first-order valence-electron chi connectivity index (χ1n) is 7.60. The van der Waals surface area contributed by atoms with Crippen LogP contribution in [0, 0.1) is 5.92 Å². The molecule has 1 aliphatic rings. The van der Waals surface area contributed by atoms with Gasteiger partial charge in [0.25, 0.3) is 0 Å². The first-order chi connectivity index (χ1) is 10.1. The van der Waals surface area contributed by atoms with Crippen LogP contribution in [0.1, 0.15) is 20.3 Å². The Balaban J connectivity index is 1.74. The lowest BCUT2D eigenvalue weighted by Gasteiger charge is -2.40. The Labute approximate surface area is 131 Å². The van der Waals surface area contributed by atoms with Gasteiger partial charge in [-0.3, -0.25) is 0 Å². The predicted molar refractivity (Wildman–Crippen MR) is 90.8 cm³/mol. The summed E-state index contributed by atoms with van der Waals surface area (Å²) in [4.78, 5) is 6.85. The average molecular weight is 301 g/mol. The Bertz CT molecular complexity index is 581. The number of hydrogen-bond donors (Lipinski definition) is 1. The number of hydrogen-bond acceptors (Lipinski definition) is 4. The summed E-state index contributed by atoms with van der Waals surface area (Å²) in [6, 6.07) is 9.80. The maximum absolute atomic E-state index is 4.40. The van der Waals surface area contributed by atoms with E-state index in [0.29, 0.717) is 18.0 Å². The fourth-order valence-corrected chi connectivity index (χ4v) is 3.70. The third-order valence-corrected chi connectivity index (χ3v) is 5.33. The summed E-state index contributed by atoms with van der Waals surface area (Å²) in [6.07, 6.45) is 3.06. The number of likely N-dealkylation sites (tertiary alicyclic amines) is 1. The summed E-state index contributed by atoms with van der Waals surface area (Å²) in [5.74, 6) is 0.662. The number of anilines is 1. The second-order valence-electron chi connectivity index (χ2n) is 6.17. The van der Waals surface area contributed by atoms with Gasteiger partial charge in [-0.25, -0.2) is 4.98 Å². The molecule has 1 N–H and O–H groups in total. The second kappa shape index (κ2) is 6.16. The largest absolute Gasteiger partial charge is 0.382 e. The highest BCUT2D eigenvalue weighted by Crippen LogP contribution is 2.28. The minimum absolute atomic E-state index is 0.544. The number of aromatic nitrogens is 1. The molecule has 0 amide bonds. The van der Waals surface area contributed by atoms with Gasteiger partial charge in [-0.05, 0) is 38.4 Å². The molecule has 1 aromatic carbocycles. The smallest absolute Gasteiger partial charge is 0.123 e. The van der Waals surface area contributed by atoms with E-state index in [-0.39, 0.29) is 0 Å². The van der Waals surface area contributed by atoms with Gasteiger partial charge in [0, 0.05) is 41.5 Å². The van der Waals surface area contributed by atoms with Gasteiger partial charge >= 0.3 is 0 Å². The zero-order valence-corrected chi connectivity index (χ0v) is 13.7. The van der Waals surface area contributed by atoms with Crippen molar-refractivity contribution in [3.8, 4) is 10.6 Å². The average Bonchev–Trinajstić information content (AvgIpc) is 2.99. The molecule has 3 rings (SSSR count). The third-order valence-electron chi connectivity index (χ3n) is 4.50. The molecule has 3 unspecified atom stereocenters. The highest BCUT2D eigenvalue weighted by atomic mass is 32.1. The van der Waals surface area contributed by atoms with Crippen LogP contribution in [0.5, 0.6) is 0 Å². The van der Waals surface area contributed by atoms with Gasteiger partial charge in [-0.2, -0.15) is 0 Å². The first kappa shape index (κ1) is 14.5. The number of thiazole rings is 1. The van der Waals surface area contributed by atoms with Gasteiger partial charge in [0.15, 0.2) is 0 Å². The van der Waals surface area contributed by atoms with E-state index in [1.807, 2.05) is 11.6 Å². The van der Waals surface area contributed by atoms with Crippen molar-refractivity contribution in [1.29, 1.82) is 0 Å². The lowest BCUT2D eigenvalue weighted by atomic mass is 9.89. The SMILES string of the molecule is CC1CN(C)C(C)CC1Nc1cccc(-c2nccs2)c1. The van der Waals surface area contributed by atoms with Crippen LogP contribution in [0.4, 0.5) is 5.69 Å². The predicted octanol–water partition coefficient (Wildman–Crippen LogP) is 3.95. The maximum Gasteiger partial charge on any atom is 0.123 e. The van der Waals surface area contributed by atoms with Gasteiger partial charge < -0.3 is 10.2 Å². The molecule has 0 bridgehead atoms. The van der Waals surface area contributed by atoms with Crippen LogP contribution in [0.3, 0.4) is 0 Å². The monoisotopic (exact) mass is 301 g/mol. The van der Waals surface area contributed by atoms with E-state index in [1.54, 1.807) is 11.3 Å². The molecule has 3 nitrogen and oxygen atoms in total. The standard InChI is InChI=1S/C17H23N3S/c1-12-11-20(3)13(2)9-16(12)19-15-6-4-5-14(10-15)17-18-7-8-21-17/h4-8,10,12-13,16,19H,9,11H2,1-3H3. The van der Waals surface area contributed by atoms with Gasteiger partial charge in [-0.1, -0.05) is 19.1 Å². The molecule has 2 heterocycles. The van der Waals surface area contributed by atoms with Crippen LogP contribution in [-0.4, -0.2) is 35.6 Å². The third kappa shape index (κ3) is 3.27. The molecule has 112 valence electrons.